The van der Waals surface area contributed by atoms with Crippen LogP contribution in [0.5, 0.6) is 0 Å². The number of nitrogens with two attached hydrogens (primary N) is 2. The first-order valence-electron chi connectivity index (χ1n) is 5.57. The first kappa shape index (κ1) is 12.6. The van der Waals surface area contributed by atoms with E-state index in [4.69, 9.17) is 11.5 Å². The van der Waals surface area contributed by atoms with Crippen LogP contribution in [0.4, 0.5) is 17.3 Å². The van der Waals surface area contributed by atoms with Crippen molar-refractivity contribution in [3.63, 3.8) is 0 Å². The fourth-order valence-corrected chi connectivity index (χ4v) is 1.44. The van der Waals surface area contributed by atoms with Crippen LogP contribution in [0.1, 0.15) is 5.56 Å². The van der Waals surface area contributed by atoms with Gasteiger partial charge >= 0.3 is 0 Å². The molecule has 1 amide bonds. The van der Waals surface area contributed by atoms with Gasteiger partial charge in [-0.3, -0.25) is 4.79 Å². The highest BCUT2D eigenvalue weighted by Crippen LogP contribution is 2.20. The van der Waals surface area contributed by atoms with Crippen molar-refractivity contribution in [3.05, 3.63) is 48.3 Å². The Kier molecular flexibility index (Phi) is 3.72. The second-order valence-electron chi connectivity index (χ2n) is 3.75. The maximum absolute atomic E-state index is 11.7. The van der Waals surface area contributed by atoms with E-state index in [1.54, 1.807) is 6.08 Å². The van der Waals surface area contributed by atoms with Gasteiger partial charge in [-0.2, -0.15) is 0 Å². The number of carbonyl (C=O) groups excluding carboxylic acids is 1. The third-order valence-electron chi connectivity index (χ3n) is 2.38. The van der Waals surface area contributed by atoms with Crippen molar-refractivity contribution in [1.29, 1.82) is 0 Å². The Morgan fingerprint density at radius 2 is 1.74 bits per heavy atom. The van der Waals surface area contributed by atoms with Crippen molar-refractivity contribution in [2.45, 2.75) is 0 Å². The van der Waals surface area contributed by atoms with E-state index >= 15 is 0 Å². The van der Waals surface area contributed by atoms with Crippen LogP contribution < -0.4 is 16.8 Å². The largest absolute Gasteiger partial charge is 0.382 e. The van der Waals surface area contributed by atoms with Crippen LogP contribution in [0.2, 0.25) is 0 Å². The molecule has 0 spiro atoms. The molecule has 0 radical (unpaired) electrons. The zero-order chi connectivity index (χ0) is 13.7. The standard InChI is InChI=1S/C13H13N5O/c14-12-11(13(15)17-8-16-12)18-10(19)7-6-9-4-2-1-3-5-9/h1-8H,(H,18,19)(H4,14,15,16,17). The van der Waals surface area contributed by atoms with Gasteiger partial charge in [0.15, 0.2) is 11.6 Å². The average molecular weight is 255 g/mol. The first-order chi connectivity index (χ1) is 9.16. The quantitative estimate of drug-likeness (QED) is 0.716. The van der Waals surface area contributed by atoms with Crippen LogP contribution in [0.15, 0.2) is 42.7 Å². The van der Waals surface area contributed by atoms with Crippen molar-refractivity contribution < 1.29 is 4.79 Å². The third kappa shape index (κ3) is 3.29. The molecule has 0 aliphatic rings. The Hall–Kier alpha value is -2.89. The van der Waals surface area contributed by atoms with Gasteiger partial charge in [0.05, 0.1) is 0 Å². The zero-order valence-corrected chi connectivity index (χ0v) is 10.1. The number of nitrogens with one attached hydrogen (secondary N) is 1. The number of anilines is 3. The second kappa shape index (κ2) is 5.63. The van der Waals surface area contributed by atoms with Crippen molar-refractivity contribution in [1.82, 2.24) is 9.97 Å². The van der Waals surface area contributed by atoms with Gasteiger partial charge in [-0.05, 0) is 11.6 Å². The van der Waals surface area contributed by atoms with Crippen molar-refractivity contribution in [3.8, 4) is 0 Å². The van der Waals surface area contributed by atoms with Gasteiger partial charge in [0.25, 0.3) is 0 Å². The Morgan fingerprint density at radius 1 is 1.11 bits per heavy atom. The van der Waals surface area contributed by atoms with E-state index in [0.29, 0.717) is 0 Å². The molecule has 0 bridgehead atoms. The molecule has 5 N–H and O–H groups in total. The van der Waals surface area contributed by atoms with E-state index in [-0.39, 0.29) is 23.2 Å². The Labute approximate surface area is 110 Å². The molecule has 1 aromatic carbocycles. The van der Waals surface area contributed by atoms with E-state index < -0.39 is 0 Å². The van der Waals surface area contributed by atoms with E-state index in [1.807, 2.05) is 30.3 Å². The SMILES string of the molecule is Nc1ncnc(N)c1NC(=O)C=Cc1ccccc1. The lowest BCUT2D eigenvalue weighted by Gasteiger charge is -2.06. The lowest BCUT2D eigenvalue weighted by molar-refractivity contribution is -0.111. The summed E-state index contributed by atoms with van der Waals surface area (Å²) in [6.07, 6.45) is 4.31. The highest BCUT2D eigenvalue weighted by molar-refractivity contribution is 6.04. The monoisotopic (exact) mass is 255 g/mol. The van der Waals surface area contributed by atoms with Crippen LogP contribution in [0, 0.1) is 0 Å². The number of rotatable bonds is 3. The van der Waals surface area contributed by atoms with Gasteiger partial charge in [0, 0.05) is 6.08 Å². The summed E-state index contributed by atoms with van der Waals surface area (Å²) in [6, 6.07) is 9.45. The summed E-state index contributed by atoms with van der Waals surface area (Å²) in [7, 11) is 0. The highest BCUT2D eigenvalue weighted by atomic mass is 16.1. The number of benzene rings is 1. The van der Waals surface area contributed by atoms with Crippen LogP contribution in [-0.2, 0) is 4.79 Å². The summed E-state index contributed by atoms with van der Waals surface area (Å²) in [4.78, 5) is 19.2. The number of aromatic nitrogens is 2. The zero-order valence-electron chi connectivity index (χ0n) is 10.1. The molecule has 0 aliphatic carbocycles. The van der Waals surface area contributed by atoms with E-state index in [0.717, 1.165) is 5.56 Å². The van der Waals surface area contributed by atoms with Crippen molar-refractivity contribution in [2.75, 3.05) is 16.8 Å². The van der Waals surface area contributed by atoms with E-state index in [1.165, 1.54) is 12.4 Å². The third-order valence-corrected chi connectivity index (χ3v) is 2.38. The lowest BCUT2D eigenvalue weighted by Crippen LogP contribution is -2.13. The molecule has 0 atom stereocenters. The molecule has 6 nitrogen and oxygen atoms in total. The normalized spacial score (nSPS) is 10.5. The topological polar surface area (TPSA) is 107 Å². The van der Waals surface area contributed by atoms with Crippen LogP contribution in [0.25, 0.3) is 6.08 Å². The first-order valence-corrected chi connectivity index (χ1v) is 5.57. The van der Waals surface area contributed by atoms with Crippen LogP contribution in [-0.4, -0.2) is 15.9 Å². The molecule has 0 saturated heterocycles. The summed E-state index contributed by atoms with van der Waals surface area (Å²) in [5.41, 5.74) is 12.4. The summed E-state index contributed by atoms with van der Waals surface area (Å²) in [5, 5.41) is 2.55. The fraction of sp³-hybridized carbons (Fsp3) is 0. The number of hydrogen-bond acceptors (Lipinski definition) is 5. The average Bonchev–Trinajstić information content (AvgIpc) is 2.42. The molecule has 19 heavy (non-hydrogen) atoms. The van der Waals surface area contributed by atoms with Gasteiger partial charge in [-0.15, -0.1) is 0 Å². The number of nitrogen functional groups attached to an aromatic ring is 2. The molecule has 1 aromatic heterocycles. The minimum Gasteiger partial charge on any atom is -0.382 e. The molecule has 0 unspecified atom stereocenters. The molecule has 6 heteroatoms. The highest BCUT2D eigenvalue weighted by Gasteiger charge is 2.08. The van der Waals surface area contributed by atoms with Gasteiger partial charge in [0.2, 0.25) is 5.91 Å². The molecule has 0 aliphatic heterocycles. The number of amides is 1. The number of hydrogen-bond donors (Lipinski definition) is 3. The van der Waals surface area contributed by atoms with Gasteiger partial charge < -0.3 is 16.8 Å². The second-order valence-corrected chi connectivity index (χ2v) is 3.75. The smallest absolute Gasteiger partial charge is 0.248 e. The van der Waals surface area contributed by atoms with Crippen LogP contribution in [0.3, 0.4) is 0 Å². The molecule has 0 fully saturated rings. The van der Waals surface area contributed by atoms with Crippen LogP contribution >= 0.6 is 0 Å². The summed E-state index contributed by atoms with van der Waals surface area (Å²) >= 11 is 0. The minimum atomic E-state index is -0.350. The molecule has 2 aromatic rings. The van der Waals surface area contributed by atoms with E-state index in [9.17, 15) is 4.79 Å². The van der Waals surface area contributed by atoms with Gasteiger partial charge in [-0.1, -0.05) is 30.3 Å². The predicted molar refractivity (Wildman–Crippen MR) is 75.0 cm³/mol. The summed E-state index contributed by atoms with van der Waals surface area (Å²) in [5.74, 6) is -0.0834. The minimum absolute atomic E-state index is 0.133. The molecule has 96 valence electrons. The van der Waals surface area contributed by atoms with E-state index in [2.05, 4.69) is 15.3 Å². The predicted octanol–water partition coefficient (Wildman–Crippen LogP) is 1.29. The lowest BCUT2D eigenvalue weighted by atomic mass is 10.2. The molecule has 2 rings (SSSR count). The molecule has 1 heterocycles. The van der Waals surface area contributed by atoms with Crippen molar-refractivity contribution >= 4 is 29.3 Å². The van der Waals surface area contributed by atoms with Crippen molar-refractivity contribution in [2.24, 2.45) is 0 Å². The Balaban J connectivity index is 2.08. The Morgan fingerprint density at radius 3 is 2.37 bits per heavy atom. The number of carbonyl (C=O) groups is 1. The summed E-state index contributed by atoms with van der Waals surface area (Å²) in [6.45, 7) is 0. The Bertz CT molecular complexity index is 589. The summed E-state index contributed by atoms with van der Waals surface area (Å²) < 4.78 is 0. The maximum atomic E-state index is 11.7. The maximum Gasteiger partial charge on any atom is 0.248 e. The molecular formula is C13H13N5O. The van der Waals surface area contributed by atoms with Gasteiger partial charge in [-0.25, -0.2) is 9.97 Å². The molecule has 0 saturated carbocycles. The van der Waals surface area contributed by atoms with Gasteiger partial charge in [0.1, 0.15) is 12.0 Å². The molecular weight excluding hydrogens is 242 g/mol. The fourth-order valence-electron chi connectivity index (χ4n) is 1.44. The number of nitrogens with zero attached hydrogens (tertiary/aromatic N) is 2.